The van der Waals surface area contributed by atoms with Crippen LogP contribution in [0.2, 0.25) is 10.0 Å². The van der Waals surface area contributed by atoms with Crippen molar-refractivity contribution in [2.45, 2.75) is 19.4 Å². The topological polar surface area (TPSA) is 80.9 Å². The molecule has 5 nitrogen and oxygen atoms in total. The number of carbonyl (C=O) groups is 1. The lowest BCUT2D eigenvalue weighted by molar-refractivity contribution is -0.120. The number of anilines is 1. The van der Waals surface area contributed by atoms with Crippen LogP contribution in [0.25, 0.3) is 11.0 Å². The summed E-state index contributed by atoms with van der Waals surface area (Å²) in [7, 11) is 0. The molecule has 0 saturated heterocycles. The van der Waals surface area contributed by atoms with E-state index in [1.807, 2.05) is 0 Å². The van der Waals surface area contributed by atoms with Crippen LogP contribution in [-0.2, 0) is 4.79 Å². The second-order valence-corrected chi connectivity index (χ2v) is 5.70. The van der Waals surface area contributed by atoms with Crippen molar-refractivity contribution in [3.05, 3.63) is 16.1 Å². The Bertz CT molecular complexity index is 620. The minimum Gasteiger partial charge on any atom is -0.321 e. The number of hydrogen-bond donors (Lipinski definition) is 2. The van der Waals surface area contributed by atoms with Crippen LogP contribution in [0.1, 0.15) is 13.8 Å². The zero-order valence-corrected chi connectivity index (χ0v) is 11.9. The number of amides is 1. The SMILES string of the molecule is CC(C)(N)C(=O)Nc1c(Cl)cc(Cl)c2nsnc12. The average Bonchev–Trinajstić information content (AvgIpc) is 2.71. The summed E-state index contributed by atoms with van der Waals surface area (Å²) in [5.41, 5.74) is 6.06. The fourth-order valence-corrected chi connectivity index (χ4v) is 2.43. The molecule has 0 aliphatic rings. The highest BCUT2D eigenvalue weighted by Gasteiger charge is 2.24. The minimum atomic E-state index is -1.02. The van der Waals surface area contributed by atoms with Crippen LogP contribution in [0.4, 0.5) is 5.69 Å². The fourth-order valence-electron chi connectivity index (χ4n) is 1.27. The van der Waals surface area contributed by atoms with Crippen LogP contribution in [0.5, 0.6) is 0 Å². The van der Waals surface area contributed by atoms with E-state index in [0.717, 1.165) is 11.7 Å². The highest BCUT2D eigenvalue weighted by Crippen LogP contribution is 2.35. The molecule has 8 heteroatoms. The first kappa shape index (κ1) is 13.5. The third kappa shape index (κ3) is 2.42. The Morgan fingerprint density at radius 2 is 1.94 bits per heavy atom. The Labute approximate surface area is 118 Å². The number of nitrogens with zero attached hydrogens (tertiary/aromatic N) is 2. The number of nitrogens with two attached hydrogens (primary N) is 1. The Hall–Kier alpha value is -0.950. The van der Waals surface area contributed by atoms with Crippen LogP contribution in [-0.4, -0.2) is 20.2 Å². The third-order valence-corrected chi connectivity index (χ3v) is 3.38. The van der Waals surface area contributed by atoms with E-state index in [9.17, 15) is 4.79 Å². The van der Waals surface area contributed by atoms with E-state index < -0.39 is 5.54 Å². The zero-order valence-electron chi connectivity index (χ0n) is 9.62. The molecule has 0 spiro atoms. The molecule has 0 radical (unpaired) electrons. The first-order chi connectivity index (χ1) is 8.30. The Morgan fingerprint density at radius 1 is 1.33 bits per heavy atom. The van der Waals surface area contributed by atoms with Gasteiger partial charge in [0.15, 0.2) is 0 Å². The van der Waals surface area contributed by atoms with Gasteiger partial charge in [-0.15, -0.1) is 0 Å². The number of halogens is 2. The van der Waals surface area contributed by atoms with Crippen molar-refractivity contribution in [2.24, 2.45) is 5.73 Å². The molecule has 96 valence electrons. The maximum atomic E-state index is 11.9. The van der Waals surface area contributed by atoms with Crippen molar-refractivity contribution < 1.29 is 4.79 Å². The third-order valence-electron chi connectivity index (χ3n) is 2.27. The Kier molecular flexibility index (Phi) is 3.46. The monoisotopic (exact) mass is 304 g/mol. The van der Waals surface area contributed by atoms with Gasteiger partial charge in [0.25, 0.3) is 0 Å². The maximum Gasteiger partial charge on any atom is 0.243 e. The molecule has 0 saturated carbocycles. The van der Waals surface area contributed by atoms with Gasteiger partial charge >= 0.3 is 0 Å². The predicted octanol–water partition coefficient (Wildman–Crippen LogP) is 2.67. The van der Waals surface area contributed by atoms with Crippen molar-refractivity contribution in [3.8, 4) is 0 Å². The fraction of sp³-hybridized carbons (Fsp3) is 0.300. The van der Waals surface area contributed by atoms with Gasteiger partial charge in [0, 0.05) is 0 Å². The first-order valence-corrected chi connectivity index (χ1v) is 6.50. The molecule has 18 heavy (non-hydrogen) atoms. The lowest BCUT2D eigenvalue weighted by Crippen LogP contribution is -2.45. The normalized spacial score (nSPS) is 11.8. The molecule has 0 aliphatic heterocycles. The average molecular weight is 305 g/mol. The van der Waals surface area contributed by atoms with Gasteiger partial charge in [-0.3, -0.25) is 4.79 Å². The molecule has 0 aliphatic carbocycles. The van der Waals surface area contributed by atoms with Crippen LogP contribution in [0, 0.1) is 0 Å². The molecule has 2 aromatic rings. The second kappa shape index (κ2) is 4.62. The Morgan fingerprint density at radius 3 is 2.56 bits per heavy atom. The number of benzene rings is 1. The highest BCUT2D eigenvalue weighted by molar-refractivity contribution is 7.00. The van der Waals surface area contributed by atoms with Crippen molar-refractivity contribution in [1.29, 1.82) is 0 Å². The van der Waals surface area contributed by atoms with E-state index in [4.69, 9.17) is 28.9 Å². The van der Waals surface area contributed by atoms with Gasteiger partial charge in [-0.05, 0) is 19.9 Å². The summed E-state index contributed by atoms with van der Waals surface area (Å²) < 4.78 is 8.13. The summed E-state index contributed by atoms with van der Waals surface area (Å²) in [4.78, 5) is 11.9. The largest absolute Gasteiger partial charge is 0.321 e. The molecule has 2 rings (SSSR count). The Balaban J connectivity index is 2.51. The molecule has 1 heterocycles. The van der Waals surface area contributed by atoms with Gasteiger partial charge in [-0.1, -0.05) is 23.2 Å². The summed E-state index contributed by atoms with van der Waals surface area (Å²) in [5, 5.41) is 3.36. The smallest absolute Gasteiger partial charge is 0.243 e. The number of fused-ring (bicyclic) bond motifs is 1. The number of carbonyl (C=O) groups excluding carboxylic acids is 1. The molecular weight excluding hydrogens is 295 g/mol. The van der Waals surface area contributed by atoms with Crippen molar-refractivity contribution in [1.82, 2.24) is 8.75 Å². The highest BCUT2D eigenvalue weighted by atomic mass is 35.5. The molecule has 3 N–H and O–H groups in total. The van der Waals surface area contributed by atoms with Gasteiger partial charge in [0.1, 0.15) is 11.0 Å². The molecule has 0 fully saturated rings. The van der Waals surface area contributed by atoms with Crippen LogP contribution in [0.3, 0.4) is 0 Å². The molecule has 1 amide bonds. The summed E-state index contributed by atoms with van der Waals surface area (Å²) in [6, 6.07) is 1.52. The van der Waals surface area contributed by atoms with Gasteiger partial charge in [-0.2, -0.15) is 8.75 Å². The summed E-state index contributed by atoms with van der Waals surface area (Å²) >= 11 is 13.0. The van der Waals surface area contributed by atoms with E-state index in [1.165, 1.54) is 6.07 Å². The summed E-state index contributed by atoms with van der Waals surface area (Å²) in [6.45, 7) is 3.20. The molecular formula is C10H10Cl2N4OS. The number of hydrogen-bond acceptors (Lipinski definition) is 5. The van der Waals surface area contributed by atoms with E-state index in [0.29, 0.717) is 26.8 Å². The molecule has 0 bridgehead atoms. The summed E-state index contributed by atoms with van der Waals surface area (Å²) in [6.07, 6.45) is 0. The molecule has 1 aromatic heterocycles. The van der Waals surface area contributed by atoms with Crippen LogP contribution < -0.4 is 11.1 Å². The lowest BCUT2D eigenvalue weighted by Gasteiger charge is -2.18. The first-order valence-electron chi connectivity index (χ1n) is 5.01. The number of nitrogens with one attached hydrogen (secondary N) is 1. The van der Waals surface area contributed by atoms with Gasteiger partial charge in [-0.25, -0.2) is 0 Å². The van der Waals surface area contributed by atoms with Gasteiger partial charge in [0.05, 0.1) is 33.0 Å². The maximum absolute atomic E-state index is 11.9. The lowest BCUT2D eigenvalue weighted by atomic mass is 10.1. The van der Waals surface area contributed by atoms with E-state index in [1.54, 1.807) is 13.8 Å². The quantitative estimate of drug-likeness (QED) is 0.894. The van der Waals surface area contributed by atoms with Gasteiger partial charge in [0.2, 0.25) is 5.91 Å². The number of rotatable bonds is 2. The van der Waals surface area contributed by atoms with E-state index >= 15 is 0 Å². The zero-order chi connectivity index (χ0) is 13.5. The van der Waals surface area contributed by atoms with Crippen LogP contribution >= 0.6 is 34.9 Å². The van der Waals surface area contributed by atoms with E-state index in [2.05, 4.69) is 14.1 Å². The number of aromatic nitrogens is 2. The molecule has 1 aromatic carbocycles. The molecule has 0 atom stereocenters. The second-order valence-electron chi connectivity index (χ2n) is 4.35. The van der Waals surface area contributed by atoms with Crippen molar-refractivity contribution in [2.75, 3.05) is 5.32 Å². The minimum absolute atomic E-state index is 0.304. The predicted molar refractivity (Wildman–Crippen MR) is 74.3 cm³/mol. The van der Waals surface area contributed by atoms with Crippen molar-refractivity contribution in [3.63, 3.8) is 0 Å². The summed E-state index contributed by atoms with van der Waals surface area (Å²) in [5.74, 6) is -0.360. The van der Waals surface area contributed by atoms with Crippen LogP contribution in [0.15, 0.2) is 6.07 Å². The van der Waals surface area contributed by atoms with Gasteiger partial charge < -0.3 is 11.1 Å². The van der Waals surface area contributed by atoms with E-state index in [-0.39, 0.29) is 5.91 Å². The molecule has 0 unspecified atom stereocenters. The van der Waals surface area contributed by atoms with Crippen molar-refractivity contribution >= 4 is 57.6 Å². The standard InChI is InChI=1S/C10H10Cl2N4OS/c1-10(2,13)9(17)14-6-4(11)3-5(12)7-8(6)16-18-15-7/h3H,13H2,1-2H3,(H,14,17).